The largest absolute Gasteiger partial charge is 0.515 e. The van der Waals surface area contributed by atoms with Gasteiger partial charge in [0.05, 0.1) is 42.2 Å². The van der Waals surface area contributed by atoms with E-state index in [1.54, 1.807) is 190 Å². The molecule has 0 amide bonds. The van der Waals surface area contributed by atoms with Gasteiger partial charge in [0.15, 0.2) is 23.1 Å². The summed E-state index contributed by atoms with van der Waals surface area (Å²) in [5, 5.41) is 184. The Hall–Kier alpha value is -18.0. The zero-order chi connectivity index (χ0) is 111. The molecule has 20 N–H and O–H groups in total. The van der Waals surface area contributed by atoms with E-state index in [2.05, 4.69) is 65.3 Å². The third kappa shape index (κ3) is 45.3. The van der Waals surface area contributed by atoms with Crippen LogP contribution in [0.1, 0.15) is 122 Å². The fraction of sp³-hybridized carbons (Fsp3) is 0.189. The molecule has 0 heterocycles. The highest BCUT2D eigenvalue weighted by Crippen LogP contribution is 2.64. The Bertz CT molecular complexity index is 6380. The highest BCUT2D eigenvalue weighted by atomic mass is 16.3. The second-order valence-electron chi connectivity index (χ2n) is 33.6. The van der Waals surface area contributed by atoms with E-state index in [0.717, 1.165) is 82.0 Å². The van der Waals surface area contributed by atoms with Crippen LogP contribution in [0.5, 0.6) is 46.0 Å². The number of hydrogen-bond acceptors (Lipinski definition) is 27. The number of phenols is 8. The van der Waals surface area contributed by atoms with Crippen LogP contribution < -0.4 is 10.4 Å². The molecular weight excluding hydrogens is 1900 g/mol. The predicted molar refractivity (Wildman–Crippen MR) is 588 cm³/mol. The molecule has 27 nitrogen and oxygen atoms in total. The molecule has 27 heteroatoms. The first kappa shape index (κ1) is 125. The first-order chi connectivity index (χ1) is 71.1. The number of carbonyl (C=O) groups excluding carboxylic acids is 7. The van der Waals surface area contributed by atoms with Crippen molar-refractivity contribution in [2.24, 2.45) is 41.4 Å². The Labute approximate surface area is 868 Å². The van der Waals surface area contributed by atoms with Crippen LogP contribution in [0.25, 0.3) is 30.9 Å². The van der Waals surface area contributed by atoms with Crippen molar-refractivity contribution in [3.8, 4) is 46.0 Å². The number of fused-ring (bicyclic) bond motifs is 9. The number of ketones is 5. The highest BCUT2D eigenvalue weighted by molar-refractivity contribution is 6.04. The van der Waals surface area contributed by atoms with Gasteiger partial charge in [0.2, 0.25) is 0 Å². The predicted octanol–water partition coefficient (Wildman–Crippen LogP) is 22.9. The van der Waals surface area contributed by atoms with Gasteiger partial charge in [-0.05, 0) is 249 Å². The zero-order valence-corrected chi connectivity index (χ0v) is 83.5. The lowest BCUT2D eigenvalue weighted by molar-refractivity contribution is -0.138. The quantitative estimate of drug-likeness (QED) is 0.00509. The van der Waals surface area contributed by atoms with Gasteiger partial charge < -0.3 is 107 Å². The third-order valence-electron chi connectivity index (χ3n) is 22.3. The van der Waals surface area contributed by atoms with Gasteiger partial charge >= 0.3 is 0 Å². The summed E-state index contributed by atoms with van der Waals surface area (Å²) in [5.74, 6) is 1.50. The Morgan fingerprint density at radius 1 is 0.591 bits per heavy atom. The Morgan fingerprint density at radius 2 is 1.17 bits per heavy atom. The highest BCUT2D eigenvalue weighted by Gasteiger charge is 2.59. The lowest BCUT2D eigenvalue weighted by Gasteiger charge is -2.55. The van der Waals surface area contributed by atoms with E-state index in [0.29, 0.717) is 90.3 Å². The first-order valence-corrected chi connectivity index (χ1v) is 46.8. The van der Waals surface area contributed by atoms with Gasteiger partial charge in [-0.3, -0.25) is 28.8 Å². The van der Waals surface area contributed by atoms with Crippen molar-refractivity contribution in [2.75, 3.05) is 0 Å². The molecule has 0 radical (unpaired) electrons. The molecule has 0 bridgehead atoms. The van der Waals surface area contributed by atoms with Crippen molar-refractivity contribution in [1.29, 1.82) is 0 Å². The molecule has 0 saturated heterocycles. The Balaban J connectivity index is 0.000000425. The van der Waals surface area contributed by atoms with Crippen LogP contribution in [-0.2, 0) is 41.6 Å². The van der Waals surface area contributed by atoms with Crippen LogP contribution in [-0.4, -0.2) is 156 Å². The number of rotatable bonds is 24. The molecule has 6 aromatic rings. The summed E-state index contributed by atoms with van der Waals surface area (Å²) in [6.45, 7) is 38.1. The van der Waals surface area contributed by atoms with Crippen LogP contribution in [0.2, 0.25) is 0 Å². The molecule has 6 aromatic carbocycles. The smallest absolute Gasteiger partial charge is 0.189 e. The number of allylic oxidation sites excluding steroid dienone is 33. The normalized spacial score (nSPS) is 18.6. The monoisotopic (exact) mass is 2030 g/mol. The number of carbonyl (C=O) groups is 7. The van der Waals surface area contributed by atoms with E-state index in [4.69, 9.17) is 61.0 Å². The fourth-order valence-corrected chi connectivity index (χ4v) is 15.1. The minimum Gasteiger partial charge on any atom is -0.515 e. The number of phenolic OH excluding ortho intramolecular Hbond substituents is 8. The maximum atomic E-state index is 11.6. The Morgan fingerprint density at radius 3 is 1.71 bits per heavy atom. The van der Waals surface area contributed by atoms with Gasteiger partial charge in [-0.25, -0.2) is 0 Å². The minimum absolute atomic E-state index is 0.000183. The van der Waals surface area contributed by atoms with Gasteiger partial charge in [0, 0.05) is 108 Å². The summed E-state index contributed by atoms with van der Waals surface area (Å²) in [7, 11) is 0. The van der Waals surface area contributed by atoms with E-state index >= 15 is 0 Å². The molecule has 2 fully saturated rings. The third-order valence-corrected chi connectivity index (χ3v) is 22.3. The number of aldehydes is 1. The number of benzene rings is 6. The van der Waals surface area contributed by atoms with Crippen molar-refractivity contribution >= 4 is 72.9 Å². The van der Waals surface area contributed by atoms with Gasteiger partial charge in [-0.2, -0.15) is 0 Å². The molecule has 149 heavy (non-hydrogen) atoms. The summed E-state index contributed by atoms with van der Waals surface area (Å²) < 4.78 is 0. The van der Waals surface area contributed by atoms with Gasteiger partial charge in [0.25, 0.3) is 0 Å². The lowest BCUT2D eigenvalue weighted by Crippen LogP contribution is -2.53. The summed E-state index contributed by atoms with van der Waals surface area (Å²) in [6.07, 6.45) is 61.5. The summed E-state index contributed by atoms with van der Waals surface area (Å²) in [5.41, 5.74) is 9.47. The molecule has 9 aliphatic rings. The molecule has 0 aliphatic heterocycles. The minimum atomic E-state index is -0.486. The molecule has 15 rings (SSSR count). The van der Waals surface area contributed by atoms with Crippen molar-refractivity contribution in [2.45, 2.75) is 103 Å². The molecule has 2 saturated carbocycles. The molecule has 784 valence electrons. The topological polar surface area (TPSA) is 524 Å². The van der Waals surface area contributed by atoms with E-state index in [1.807, 2.05) is 62.3 Å². The number of hydrogen-bond donors (Lipinski definition) is 20. The van der Waals surface area contributed by atoms with Crippen molar-refractivity contribution < 1.29 is 136 Å². The van der Waals surface area contributed by atoms with Crippen molar-refractivity contribution in [3.63, 3.8) is 0 Å². The summed E-state index contributed by atoms with van der Waals surface area (Å²) in [4.78, 5) is 75.0. The van der Waals surface area contributed by atoms with Gasteiger partial charge in [-0.1, -0.05) is 184 Å². The van der Waals surface area contributed by atoms with Crippen molar-refractivity contribution in [3.05, 3.63) is 474 Å². The molecule has 10 unspecified atom stereocenters. The van der Waals surface area contributed by atoms with E-state index < -0.39 is 6.10 Å². The number of Topliss-reactive ketones (excluding diaryl/α,β-unsaturated/α-hetero) is 1. The average Bonchev–Trinajstić information content (AvgIpc) is 0.692. The maximum Gasteiger partial charge on any atom is 0.189 e. The number of aromatic hydroxyl groups is 8. The van der Waals surface area contributed by atoms with Crippen LogP contribution in [0.15, 0.2) is 425 Å². The van der Waals surface area contributed by atoms with Gasteiger partial charge in [-0.15, -0.1) is 32.9 Å². The van der Waals surface area contributed by atoms with Crippen LogP contribution in [0.4, 0.5) is 0 Å². The van der Waals surface area contributed by atoms with E-state index in [1.165, 1.54) is 78.4 Å². The Kier molecular flexibility index (Phi) is 56.8. The molecule has 0 spiro atoms. The summed E-state index contributed by atoms with van der Waals surface area (Å²) >= 11 is 0. The van der Waals surface area contributed by atoms with Crippen LogP contribution in [0, 0.1) is 41.4 Å². The van der Waals surface area contributed by atoms with Crippen LogP contribution in [0.3, 0.4) is 0 Å². The number of aliphatic hydroxyl groups is 12. The first-order valence-electron chi connectivity index (χ1n) is 46.8. The maximum absolute atomic E-state index is 11.6. The fourth-order valence-electron chi connectivity index (χ4n) is 15.1. The van der Waals surface area contributed by atoms with E-state index in [9.17, 15) is 74.7 Å². The summed E-state index contributed by atoms with van der Waals surface area (Å²) in [6, 6.07) is 30.4. The molecule has 9 aliphatic carbocycles. The average molecular weight is 2030 g/mol. The molecule has 0 aromatic heterocycles. The second-order valence-corrected chi connectivity index (χ2v) is 33.6. The second kappa shape index (κ2) is 67.6. The standard InChI is InChI=1S/3C14H12O3.C14H14O3.C14H20O3.C13H14O3.C10H12O2.C9H10O3.C8H8O.C6H8O2.C3H6.C2H4.CH2O/c15-7-3-6-1-2-8-9-5-11(17)13(9)14(8)12(6)10(16)4-7;15-10-4-3-8-1-2-9-5-11(16)7-13(17)14(9)12(8)6-10;15-12-5-3-10(4-6-12)1-2-11-7-13(16)9-14(17)8-11;1-10-3-5-12(6-4-11(2)16)9-13(10)14(17)7-8-15;1-3-11(5-4-10(2)15)8-12-6-7-13(16)9-14(12)17;1-2-12(7-5-10-14)6-3-4-8-13(16)9-11-15;1-2-3-4-8-5-6-9(11)7-10(8)12;1-6(10)4-7-2-3-8(11)5-9(7)12;1-2-7-3-5-8(9)6-4-7;7-5-2-1-3-6(8)4-5;1-3-2;2*1-2/h2-4,9,13-16H,1,5H2;1-7,12,14-17H;1-9,15-17H;3-9,15-16H,1H2,2H3;3,6-7,9-12,15-16H,1,4-5,8H2,2H3;2,4-11,15H,1,3H2;2,5-8,11H,1,3-4H2;2-3,5,10-12H,1,4H2;2-6,9H,1H2;1-2,4,6-8H,3H2;3H,1H2,2H3;1-2H2;1H2/b;;2-1+;8-7+,11-4?,12-6?;;7-5+,8-4-,11-9?,12-6+;;;;;;;. The van der Waals surface area contributed by atoms with E-state index in [-0.39, 0.29) is 163 Å². The molecular formula is C122H134O27. The molecule has 10 atom stereocenters. The lowest BCUT2D eigenvalue weighted by atomic mass is 9.46. The zero-order valence-electron chi connectivity index (χ0n) is 83.5. The van der Waals surface area contributed by atoms with Crippen LogP contribution >= 0.6 is 0 Å². The van der Waals surface area contributed by atoms with Crippen molar-refractivity contribution in [1.82, 2.24) is 0 Å². The number of aliphatic hydroxyl groups excluding tert-OH is 12. The SMILES string of the molecule is C=C.C=C(O)Cc1ccc(O)cc1O.C=CC.C=CC(/C=C/C=O)=C\C/C=C\C(=O)C=CO.C=CC(CCC(C)O)CC1C=CC(O)=CC1=O.C=CCCC1C=CC(O)=CC1=O.C=Cc1ccc(O)cc1.C=O.C=c1ccc(=CC=C(C)O)cc1C(=O)/C=C/O.O=C1CC2C3=CCc4cc(O)cc(O)c4C3C12.OC1=CC(O)CC=C1.OC1=CC2=CC=C3C=CC(O)=CC3C2C(O)=C1.Oc1ccc(/C=C/c2cc(O)cc(O)c2)cc1. The van der Waals surface area contributed by atoms with Gasteiger partial charge in [0.1, 0.15) is 99.4 Å².